The van der Waals surface area contributed by atoms with Gasteiger partial charge in [-0.3, -0.25) is 9.78 Å². The van der Waals surface area contributed by atoms with Gasteiger partial charge in [-0.1, -0.05) is 23.7 Å². The van der Waals surface area contributed by atoms with Gasteiger partial charge in [-0.05, 0) is 51.3 Å². The molecule has 0 aliphatic rings. The molecule has 0 bridgehead atoms. The zero-order valence-corrected chi connectivity index (χ0v) is 15.4. The second-order valence-electron chi connectivity index (χ2n) is 5.32. The Morgan fingerprint density at radius 3 is 3.00 bits per heavy atom. The maximum atomic E-state index is 12.0. The van der Waals surface area contributed by atoms with E-state index in [2.05, 4.69) is 31.2 Å². The van der Waals surface area contributed by atoms with Gasteiger partial charge in [0.15, 0.2) is 5.82 Å². The number of hydrogen-bond donors (Lipinski definition) is 1. The zero-order valence-electron chi connectivity index (χ0n) is 13.1. The molecule has 0 atom stereocenters. The van der Waals surface area contributed by atoms with E-state index in [1.165, 1.54) is 6.08 Å². The van der Waals surface area contributed by atoms with Gasteiger partial charge in [0.05, 0.1) is 6.33 Å². The number of rotatable bonds is 5. The lowest BCUT2D eigenvalue weighted by Crippen LogP contribution is -2.08. The highest BCUT2D eigenvalue weighted by Gasteiger charge is 2.03. The van der Waals surface area contributed by atoms with Crippen LogP contribution in [0.15, 0.2) is 65.8 Å². The van der Waals surface area contributed by atoms with Gasteiger partial charge >= 0.3 is 0 Å². The van der Waals surface area contributed by atoms with Crippen molar-refractivity contribution in [3.63, 3.8) is 0 Å². The highest BCUT2D eigenvalue weighted by molar-refractivity contribution is 9.10. The monoisotopic (exact) mass is 416 g/mol. The van der Waals surface area contributed by atoms with Crippen molar-refractivity contribution in [1.29, 1.82) is 0 Å². The predicted molar refractivity (Wildman–Crippen MR) is 102 cm³/mol. The molecule has 3 rings (SSSR count). The second kappa shape index (κ2) is 8.09. The number of benzene rings is 1. The molecule has 0 saturated carbocycles. The molecule has 2 heterocycles. The molecule has 0 unspecified atom stereocenters. The first-order chi connectivity index (χ1) is 12.1. The summed E-state index contributed by atoms with van der Waals surface area (Å²) >= 11 is 9.32. The lowest BCUT2D eigenvalue weighted by Gasteiger charge is -2.02. The van der Waals surface area contributed by atoms with E-state index in [9.17, 15) is 4.79 Å². The number of amides is 1. The van der Waals surface area contributed by atoms with Gasteiger partial charge in [-0.25, -0.2) is 4.98 Å². The number of nitrogens with one attached hydrogen (secondary N) is 1. The molecule has 0 aliphatic carbocycles. The Morgan fingerprint density at radius 1 is 1.32 bits per heavy atom. The summed E-state index contributed by atoms with van der Waals surface area (Å²) < 4.78 is 2.73. The van der Waals surface area contributed by atoms with Crippen LogP contribution in [0.5, 0.6) is 0 Å². The van der Waals surface area contributed by atoms with E-state index < -0.39 is 0 Å². The highest BCUT2D eigenvalue weighted by Crippen LogP contribution is 2.13. The molecular weight excluding hydrogens is 404 g/mol. The number of pyridine rings is 1. The minimum atomic E-state index is -0.256. The molecule has 0 radical (unpaired) electrons. The van der Waals surface area contributed by atoms with Crippen LogP contribution in [0.3, 0.4) is 0 Å². The first kappa shape index (κ1) is 17.4. The molecule has 25 heavy (non-hydrogen) atoms. The SMILES string of the molecule is O=C(/C=C/c1cncc(Br)c1)Nc1cn(Cc2cccc(Cl)c2)cn1. The van der Waals surface area contributed by atoms with Crippen molar-refractivity contribution < 1.29 is 4.79 Å². The third-order valence-corrected chi connectivity index (χ3v) is 3.96. The molecule has 5 nitrogen and oxygen atoms in total. The molecule has 0 fully saturated rings. The minimum absolute atomic E-state index is 0.256. The van der Waals surface area contributed by atoms with E-state index in [0.717, 1.165) is 15.6 Å². The molecular formula is C18H14BrClN4O. The van der Waals surface area contributed by atoms with Crippen molar-refractivity contribution >= 4 is 45.3 Å². The van der Waals surface area contributed by atoms with Crippen LogP contribution in [0.2, 0.25) is 5.02 Å². The van der Waals surface area contributed by atoms with E-state index in [4.69, 9.17) is 11.6 Å². The van der Waals surface area contributed by atoms with E-state index in [-0.39, 0.29) is 5.91 Å². The topological polar surface area (TPSA) is 59.8 Å². The standard InChI is InChI=1S/C18H14BrClN4O/c19-15-6-13(8-21-9-15)4-5-18(25)23-17-11-24(12-22-17)10-14-2-1-3-16(20)7-14/h1-9,11-12H,10H2,(H,23,25)/b5-4+. The summed E-state index contributed by atoms with van der Waals surface area (Å²) in [6, 6.07) is 9.49. The Labute approximate surface area is 158 Å². The largest absolute Gasteiger partial charge is 0.331 e. The third kappa shape index (κ3) is 5.27. The van der Waals surface area contributed by atoms with E-state index >= 15 is 0 Å². The molecule has 7 heteroatoms. The van der Waals surface area contributed by atoms with Crippen LogP contribution < -0.4 is 5.32 Å². The minimum Gasteiger partial charge on any atom is -0.331 e. The number of anilines is 1. The highest BCUT2D eigenvalue weighted by atomic mass is 79.9. The van der Waals surface area contributed by atoms with Crippen LogP contribution in [0.1, 0.15) is 11.1 Å². The summed E-state index contributed by atoms with van der Waals surface area (Å²) in [6.07, 6.45) is 9.93. The van der Waals surface area contributed by atoms with Crippen LogP contribution in [-0.2, 0) is 11.3 Å². The smallest absolute Gasteiger partial charge is 0.249 e. The molecule has 0 spiro atoms. The third-order valence-electron chi connectivity index (χ3n) is 3.29. The number of aromatic nitrogens is 3. The number of imidazole rings is 1. The van der Waals surface area contributed by atoms with Gasteiger partial charge in [0, 0.05) is 40.7 Å². The van der Waals surface area contributed by atoms with Crippen LogP contribution in [0.25, 0.3) is 6.08 Å². The molecule has 2 aromatic heterocycles. The molecule has 1 aromatic carbocycles. The Morgan fingerprint density at radius 2 is 2.20 bits per heavy atom. The zero-order chi connectivity index (χ0) is 17.6. The quantitative estimate of drug-likeness (QED) is 0.626. The maximum Gasteiger partial charge on any atom is 0.249 e. The summed E-state index contributed by atoms with van der Waals surface area (Å²) in [5.41, 5.74) is 1.89. The fourth-order valence-electron chi connectivity index (χ4n) is 2.22. The molecule has 1 amide bonds. The number of halogens is 2. The average molecular weight is 418 g/mol. The van der Waals surface area contributed by atoms with Crippen molar-refractivity contribution in [2.75, 3.05) is 5.32 Å². The second-order valence-corrected chi connectivity index (χ2v) is 6.67. The Balaban J connectivity index is 1.60. The molecule has 1 N–H and O–H groups in total. The Kier molecular flexibility index (Phi) is 5.63. The van der Waals surface area contributed by atoms with Gasteiger partial charge in [-0.2, -0.15) is 0 Å². The van der Waals surface area contributed by atoms with Gasteiger partial charge in [0.2, 0.25) is 5.91 Å². The van der Waals surface area contributed by atoms with Crippen molar-refractivity contribution in [1.82, 2.24) is 14.5 Å². The average Bonchev–Trinajstić information content (AvgIpc) is 3.00. The maximum absolute atomic E-state index is 12.0. The molecule has 3 aromatic rings. The fourth-order valence-corrected chi connectivity index (χ4v) is 2.81. The van der Waals surface area contributed by atoms with Crippen molar-refractivity contribution in [2.45, 2.75) is 6.54 Å². The summed E-state index contributed by atoms with van der Waals surface area (Å²) in [5.74, 6) is 0.233. The predicted octanol–water partition coefficient (Wildman–Crippen LogP) is 4.39. The van der Waals surface area contributed by atoms with Crippen LogP contribution >= 0.6 is 27.5 Å². The fraction of sp³-hybridized carbons (Fsp3) is 0.0556. The van der Waals surface area contributed by atoms with Crippen molar-refractivity contribution in [2.24, 2.45) is 0 Å². The number of carbonyl (C=O) groups excluding carboxylic acids is 1. The summed E-state index contributed by atoms with van der Waals surface area (Å²) in [5, 5.41) is 3.42. The normalized spacial score (nSPS) is 11.0. The van der Waals surface area contributed by atoms with Crippen molar-refractivity contribution in [3.05, 3.63) is 81.9 Å². The van der Waals surface area contributed by atoms with Crippen LogP contribution in [0, 0.1) is 0 Å². The van der Waals surface area contributed by atoms with E-state index in [0.29, 0.717) is 17.4 Å². The lowest BCUT2D eigenvalue weighted by molar-refractivity contribution is -0.111. The number of carbonyl (C=O) groups is 1. The lowest BCUT2D eigenvalue weighted by atomic mass is 10.2. The summed E-state index contributed by atoms with van der Waals surface area (Å²) in [4.78, 5) is 20.2. The first-order valence-corrected chi connectivity index (χ1v) is 8.61. The van der Waals surface area contributed by atoms with Gasteiger partial charge < -0.3 is 9.88 Å². The van der Waals surface area contributed by atoms with Gasteiger partial charge in [-0.15, -0.1) is 0 Å². The van der Waals surface area contributed by atoms with Gasteiger partial charge in [0.25, 0.3) is 0 Å². The molecule has 0 saturated heterocycles. The van der Waals surface area contributed by atoms with Crippen LogP contribution in [-0.4, -0.2) is 20.4 Å². The van der Waals surface area contributed by atoms with Gasteiger partial charge in [0.1, 0.15) is 0 Å². The van der Waals surface area contributed by atoms with Crippen molar-refractivity contribution in [3.8, 4) is 0 Å². The Bertz CT molecular complexity index is 923. The summed E-state index contributed by atoms with van der Waals surface area (Å²) in [7, 11) is 0. The van der Waals surface area contributed by atoms with E-state index in [1.54, 1.807) is 31.0 Å². The summed E-state index contributed by atoms with van der Waals surface area (Å²) in [6.45, 7) is 0.628. The molecule has 126 valence electrons. The Hall–Kier alpha value is -2.44. The van der Waals surface area contributed by atoms with Crippen LogP contribution in [0.4, 0.5) is 5.82 Å². The number of hydrogen-bond acceptors (Lipinski definition) is 3. The van der Waals surface area contributed by atoms with E-state index in [1.807, 2.05) is 34.9 Å². The first-order valence-electron chi connectivity index (χ1n) is 7.44. The number of nitrogens with zero attached hydrogens (tertiary/aromatic N) is 3. The molecule has 0 aliphatic heterocycles.